The van der Waals surface area contributed by atoms with Gasteiger partial charge in [0.05, 0.1) is 0 Å². The second kappa shape index (κ2) is 7.90. The first-order valence-electron chi connectivity index (χ1n) is 9.41. The number of nitrogens with one attached hydrogen (secondary N) is 1. The average molecular weight is 371 g/mol. The maximum Gasteiger partial charge on any atom is 0.410 e. The number of H-pyrrole nitrogens is 1. The number of aliphatic imine (C=N–C) groups is 1. The third-order valence-corrected chi connectivity index (χ3v) is 4.50. The number of benzene rings is 1. The molecular weight excluding hydrogens is 342 g/mol. The van der Waals surface area contributed by atoms with Gasteiger partial charge >= 0.3 is 6.09 Å². The maximum atomic E-state index is 12.1. The van der Waals surface area contributed by atoms with Gasteiger partial charge in [-0.15, -0.1) is 0 Å². The number of piperazine rings is 1. The van der Waals surface area contributed by atoms with Crippen molar-refractivity contribution in [2.24, 2.45) is 10.7 Å². The molecule has 1 saturated heterocycles. The molecule has 1 aliphatic rings. The monoisotopic (exact) mass is 371 g/mol. The van der Waals surface area contributed by atoms with Crippen molar-refractivity contribution in [3.8, 4) is 0 Å². The van der Waals surface area contributed by atoms with E-state index in [9.17, 15) is 4.79 Å². The van der Waals surface area contributed by atoms with E-state index in [1.165, 1.54) is 5.39 Å². The number of aromatic nitrogens is 1. The molecule has 0 saturated carbocycles. The van der Waals surface area contributed by atoms with Crippen LogP contribution in [0.1, 0.15) is 26.5 Å². The number of nitrogens with two attached hydrogens (primary N) is 1. The first kappa shape index (κ1) is 19.1. The molecule has 1 aliphatic heterocycles. The van der Waals surface area contributed by atoms with E-state index in [1.807, 2.05) is 37.8 Å². The molecule has 0 bridgehead atoms. The number of nitrogens with zero attached hydrogens (tertiary/aromatic N) is 3. The Balaban J connectivity index is 1.47. The summed E-state index contributed by atoms with van der Waals surface area (Å²) in [5.41, 5.74) is 7.96. The topological polar surface area (TPSA) is 86.9 Å². The molecule has 0 aliphatic carbocycles. The van der Waals surface area contributed by atoms with Crippen LogP contribution >= 0.6 is 0 Å². The summed E-state index contributed by atoms with van der Waals surface area (Å²) in [4.78, 5) is 23.8. The van der Waals surface area contributed by atoms with E-state index in [-0.39, 0.29) is 6.09 Å². The lowest BCUT2D eigenvalue weighted by molar-refractivity contribution is 0.0186. The zero-order valence-corrected chi connectivity index (χ0v) is 16.4. The Morgan fingerprint density at radius 1 is 1.19 bits per heavy atom. The summed E-state index contributed by atoms with van der Waals surface area (Å²) in [5, 5.41) is 1.21. The third-order valence-electron chi connectivity index (χ3n) is 4.50. The third kappa shape index (κ3) is 5.15. The largest absolute Gasteiger partial charge is 0.444 e. The van der Waals surface area contributed by atoms with Crippen molar-refractivity contribution in [3.05, 3.63) is 36.0 Å². The molecule has 2 heterocycles. The lowest BCUT2D eigenvalue weighted by Gasteiger charge is -2.36. The van der Waals surface area contributed by atoms with Crippen LogP contribution in [0.25, 0.3) is 10.9 Å². The highest BCUT2D eigenvalue weighted by molar-refractivity contribution is 5.80. The van der Waals surface area contributed by atoms with Crippen LogP contribution in [-0.2, 0) is 11.2 Å². The Morgan fingerprint density at radius 2 is 1.85 bits per heavy atom. The molecule has 1 amide bonds. The summed E-state index contributed by atoms with van der Waals surface area (Å²) in [7, 11) is 0. The van der Waals surface area contributed by atoms with Crippen LogP contribution in [-0.4, -0.2) is 65.2 Å². The van der Waals surface area contributed by atoms with Gasteiger partial charge in [0.2, 0.25) is 0 Å². The Morgan fingerprint density at radius 3 is 2.52 bits per heavy atom. The summed E-state index contributed by atoms with van der Waals surface area (Å²) >= 11 is 0. The molecular formula is C20H29N5O2. The van der Waals surface area contributed by atoms with E-state index in [2.05, 4.69) is 28.2 Å². The zero-order chi connectivity index (χ0) is 19.4. The van der Waals surface area contributed by atoms with Crippen LogP contribution in [0.3, 0.4) is 0 Å². The summed E-state index contributed by atoms with van der Waals surface area (Å²) < 4.78 is 5.42. The summed E-state index contributed by atoms with van der Waals surface area (Å²) in [6.07, 6.45) is 0.546. The molecule has 146 valence electrons. The predicted molar refractivity (Wildman–Crippen MR) is 108 cm³/mol. The molecule has 2 aromatic rings. The number of fused-ring (bicyclic) bond motifs is 1. The molecule has 1 aromatic heterocycles. The Labute approximate surface area is 160 Å². The van der Waals surface area contributed by atoms with E-state index in [0.29, 0.717) is 38.7 Å². The Kier molecular flexibility index (Phi) is 5.58. The van der Waals surface area contributed by atoms with Crippen molar-refractivity contribution >= 4 is 23.0 Å². The molecule has 7 nitrogen and oxygen atoms in total. The number of carbonyl (C=O) groups excluding carboxylic acids is 1. The summed E-state index contributed by atoms with van der Waals surface area (Å²) in [6.45, 7) is 8.77. The molecule has 0 spiro atoms. The summed E-state index contributed by atoms with van der Waals surface area (Å²) in [5.74, 6) is 0.537. The number of hydrogen-bond donors (Lipinski definition) is 2. The fraction of sp³-hybridized carbons (Fsp3) is 0.500. The van der Waals surface area contributed by atoms with Crippen LogP contribution in [0.2, 0.25) is 0 Å². The van der Waals surface area contributed by atoms with Crippen LogP contribution in [0.4, 0.5) is 4.79 Å². The van der Waals surface area contributed by atoms with E-state index in [0.717, 1.165) is 17.6 Å². The maximum absolute atomic E-state index is 12.1. The van der Waals surface area contributed by atoms with Crippen LogP contribution < -0.4 is 5.73 Å². The number of rotatable bonds is 3. The van der Waals surface area contributed by atoms with Gasteiger partial charge in [0.25, 0.3) is 0 Å². The fourth-order valence-corrected chi connectivity index (χ4v) is 3.10. The molecule has 27 heavy (non-hydrogen) atoms. The second-order valence-electron chi connectivity index (χ2n) is 7.83. The van der Waals surface area contributed by atoms with Crippen molar-refractivity contribution in [1.82, 2.24) is 14.8 Å². The van der Waals surface area contributed by atoms with Gasteiger partial charge in [-0.05, 0) is 38.3 Å². The number of para-hydroxylation sites is 1. The molecule has 0 radical (unpaired) electrons. The van der Waals surface area contributed by atoms with Gasteiger partial charge in [0, 0.05) is 50.4 Å². The van der Waals surface area contributed by atoms with Crippen LogP contribution in [0.15, 0.2) is 35.3 Å². The van der Waals surface area contributed by atoms with Gasteiger partial charge in [-0.2, -0.15) is 0 Å². The SMILES string of the molecule is CC(C)(C)OC(=O)N1CCN(C(N)=NCCc2cc3ccccc3[nH]2)CC1. The number of hydrogen-bond acceptors (Lipinski definition) is 3. The number of aromatic amines is 1. The lowest BCUT2D eigenvalue weighted by atomic mass is 10.2. The van der Waals surface area contributed by atoms with E-state index in [4.69, 9.17) is 10.5 Å². The van der Waals surface area contributed by atoms with Gasteiger partial charge in [-0.3, -0.25) is 4.99 Å². The minimum absolute atomic E-state index is 0.267. The van der Waals surface area contributed by atoms with Gasteiger partial charge in [-0.1, -0.05) is 18.2 Å². The molecule has 3 N–H and O–H groups in total. The quantitative estimate of drug-likeness (QED) is 0.641. The minimum Gasteiger partial charge on any atom is -0.444 e. The van der Waals surface area contributed by atoms with Gasteiger partial charge in [0.15, 0.2) is 5.96 Å². The Hall–Kier alpha value is -2.70. The van der Waals surface area contributed by atoms with Gasteiger partial charge in [-0.25, -0.2) is 4.79 Å². The van der Waals surface area contributed by atoms with Crippen molar-refractivity contribution in [1.29, 1.82) is 0 Å². The van der Waals surface area contributed by atoms with Gasteiger partial charge in [0.1, 0.15) is 5.60 Å². The Bertz CT molecular complexity index is 780. The highest BCUT2D eigenvalue weighted by Gasteiger charge is 2.26. The first-order valence-corrected chi connectivity index (χ1v) is 9.41. The van der Waals surface area contributed by atoms with Crippen LogP contribution in [0, 0.1) is 0 Å². The molecule has 1 aromatic carbocycles. The van der Waals surface area contributed by atoms with E-state index < -0.39 is 5.60 Å². The molecule has 3 rings (SSSR count). The fourth-order valence-electron chi connectivity index (χ4n) is 3.10. The molecule has 7 heteroatoms. The average Bonchev–Trinajstić information content (AvgIpc) is 3.03. The van der Waals surface area contributed by atoms with Crippen LogP contribution in [0.5, 0.6) is 0 Å². The lowest BCUT2D eigenvalue weighted by Crippen LogP contribution is -2.53. The number of carbonyl (C=O) groups is 1. The van der Waals surface area contributed by atoms with Gasteiger partial charge < -0.3 is 25.3 Å². The molecule has 1 fully saturated rings. The smallest absolute Gasteiger partial charge is 0.410 e. The van der Waals surface area contributed by atoms with E-state index in [1.54, 1.807) is 4.90 Å². The first-order chi connectivity index (χ1) is 12.8. The van der Waals surface area contributed by atoms with E-state index >= 15 is 0 Å². The summed E-state index contributed by atoms with van der Waals surface area (Å²) in [6, 6.07) is 10.4. The number of guanidine groups is 1. The highest BCUT2D eigenvalue weighted by atomic mass is 16.6. The van der Waals surface area contributed by atoms with Crippen molar-refractivity contribution in [2.45, 2.75) is 32.8 Å². The molecule has 0 unspecified atom stereocenters. The van der Waals surface area contributed by atoms with Crippen molar-refractivity contribution in [2.75, 3.05) is 32.7 Å². The molecule has 0 atom stereocenters. The minimum atomic E-state index is -0.475. The van der Waals surface area contributed by atoms with Crippen molar-refractivity contribution in [3.63, 3.8) is 0 Å². The zero-order valence-electron chi connectivity index (χ0n) is 16.4. The number of ether oxygens (including phenoxy) is 1. The predicted octanol–water partition coefficient (Wildman–Crippen LogP) is 2.58. The number of amides is 1. The highest BCUT2D eigenvalue weighted by Crippen LogP contribution is 2.15. The standard InChI is InChI=1S/C20H29N5O2/c1-20(2,3)27-19(26)25-12-10-24(11-13-25)18(21)22-9-8-16-14-15-6-4-5-7-17(15)23-16/h4-7,14,23H,8-13H2,1-3H3,(H2,21,22). The normalized spacial score (nSPS) is 16.0. The second-order valence-corrected chi connectivity index (χ2v) is 7.83. The van der Waals surface area contributed by atoms with Crippen molar-refractivity contribution < 1.29 is 9.53 Å².